The number of amides is 1. The molecule has 0 spiro atoms. The summed E-state index contributed by atoms with van der Waals surface area (Å²) in [5.74, 6) is 1.70. The number of aliphatic hydroxyl groups excluding tert-OH is 1. The van der Waals surface area contributed by atoms with Gasteiger partial charge >= 0.3 is 0 Å². The molecule has 2 aromatic heterocycles. The van der Waals surface area contributed by atoms with E-state index in [1.807, 2.05) is 63.8 Å². The van der Waals surface area contributed by atoms with E-state index in [9.17, 15) is 9.90 Å². The van der Waals surface area contributed by atoms with Crippen LogP contribution in [0.5, 0.6) is 0 Å². The van der Waals surface area contributed by atoms with Crippen LogP contribution in [-0.4, -0.2) is 48.1 Å². The van der Waals surface area contributed by atoms with Crippen LogP contribution >= 0.6 is 0 Å². The molecule has 7 heteroatoms. The van der Waals surface area contributed by atoms with E-state index in [4.69, 9.17) is 0 Å². The fourth-order valence-electron chi connectivity index (χ4n) is 3.87. The van der Waals surface area contributed by atoms with Gasteiger partial charge < -0.3 is 19.1 Å². The molecular formula is C21H25N5O2. The van der Waals surface area contributed by atoms with E-state index in [1.54, 1.807) is 12.4 Å². The molecule has 0 aliphatic carbocycles. The van der Waals surface area contributed by atoms with Gasteiger partial charge in [-0.15, -0.1) is 0 Å². The molecule has 0 radical (unpaired) electrons. The number of hydrogen-bond acceptors (Lipinski definition) is 4. The molecule has 1 unspecified atom stereocenters. The second-order valence-corrected chi connectivity index (χ2v) is 7.30. The fourth-order valence-corrected chi connectivity index (χ4v) is 3.87. The fraction of sp³-hybridized carbons (Fsp3) is 0.381. The second kappa shape index (κ2) is 7.98. The molecule has 3 heterocycles. The summed E-state index contributed by atoms with van der Waals surface area (Å²) in [5, 5.41) is 10.6. The highest BCUT2D eigenvalue weighted by atomic mass is 16.3. The molecule has 1 N–H and O–H groups in total. The molecule has 0 bridgehead atoms. The molecule has 1 amide bonds. The number of carbonyl (C=O) groups excluding carboxylic acids is 1. The van der Waals surface area contributed by atoms with Crippen LogP contribution in [0.15, 0.2) is 55.1 Å². The molecule has 1 atom stereocenters. The van der Waals surface area contributed by atoms with E-state index < -0.39 is 6.10 Å². The number of likely N-dealkylation sites (tertiary alicyclic amines) is 1. The van der Waals surface area contributed by atoms with Crippen molar-refractivity contribution in [2.45, 2.75) is 25.5 Å². The third-order valence-corrected chi connectivity index (χ3v) is 5.51. The second-order valence-electron chi connectivity index (χ2n) is 7.30. The molecule has 0 saturated carbocycles. The largest absolute Gasteiger partial charge is 0.385 e. The lowest BCUT2D eigenvalue weighted by atomic mass is 9.90. The minimum absolute atomic E-state index is 0.0834. The minimum Gasteiger partial charge on any atom is -0.385 e. The molecule has 1 saturated heterocycles. The first kappa shape index (κ1) is 18.4. The van der Waals surface area contributed by atoms with Crippen LogP contribution in [-0.2, 0) is 18.4 Å². The first-order chi connectivity index (χ1) is 13.6. The van der Waals surface area contributed by atoms with Crippen LogP contribution in [0, 0.1) is 5.92 Å². The van der Waals surface area contributed by atoms with Gasteiger partial charge in [-0.3, -0.25) is 4.79 Å². The molecule has 1 aromatic carbocycles. The Bertz CT molecular complexity index is 925. The van der Waals surface area contributed by atoms with Crippen molar-refractivity contribution in [3.05, 3.63) is 60.9 Å². The van der Waals surface area contributed by atoms with Crippen molar-refractivity contribution in [1.82, 2.24) is 24.0 Å². The standard InChI is InChI=1S/C21H25N5O2/c1-24-13-9-23-21(24)19(28)16-7-11-25(12-8-16)18(27)15-26-14-10-22-20(26)17-5-3-2-4-6-17/h2-6,9-10,13-14,16,19,28H,7-8,11-12,15H2,1H3. The number of rotatable bonds is 5. The predicted octanol–water partition coefficient (Wildman–Crippen LogP) is 2.26. The highest BCUT2D eigenvalue weighted by Crippen LogP contribution is 2.30. The topological polar surface area (TPSA) is 76.2 Å². The molecule has 1 fully saturated rings. The van der Waals surface area contributed by atoms with E-state index >= 15 is 0 Å². The van der Waals surface area contributed by atoms with Gasteiger partial charge in [-0.2, -0.15) is 0 Å². The van der Waals surface area contributed by atoms with Crippen molar-refractivity contribution in [3.8, 4) is 11.4 Å². The zero-order valence-electron chi connectivity index (χ0n) is 16.0. The maximum atomic E-state index is 12.8. The van der Waals surface area contributed by atoms with Gasteiger partial charge in [0.15, 0.2) is 0 Å². The lowest BCUT2D eigenvalue weighted by Gasteiger charge is -2.34. The Morgan fingerprint density at radius 2 is 1.86 bits per heavy atom. The average molecular weight is 379 g/mol. The number of imidazole rings is 2. The number of aryl methyl sites for hydroxylation is 1. The Balaban J connectivity index is 1.37. The first-order valence-electron chi connectivity index (χ1n) is 9.63. The summed E-state index contributed by atoms with van der Waals surface area (Å²) in [4.78, 5) is 23.4. The SMILES string of the molecule is Cn1ccnc1C(O)C1CCN(C(=O)Cn2ccnc2-c2ccccc2)CC1. The van der Waals surface area contributed by atoms with Crippen molar-refractivity contribution in [1.29, 1.82) is 0 Å². The molecule has 4 rings (SSSR count). The minimum atomic E-state index is -0.587. The molecule has 1 aliphatic heterocycles. The molecular weight excluding hydrogens is 354 g/mol. The average Bonchev–Trinajstić information content (AvgIpc) is 3.37. The summed E-state index contributed by atoms with van der Waals surface area (Å²) in [5.41, 5.74) is 0.997. The van der Waals surface area contributed by atoms with Crippen molar-refractivity contribution in [2.75, 3.05) is 13.1 Å². The van der Waals surface area contributed by atoms with E-state index in [2.05, 4.69) is 9.97 Å². The third-order valence-electron chi connectivity index (χ3n) is 5.51. The van der Waals surface area contributed by atoms with Gasteiger partial charge in [-0.25, -0.2) is 9.97 Å². The molecule has 28 heavy (non-hydrogen) atoms. The number of benzene rings is 1. The van der Waals surface area contributed by atoms with Crippen molar-refractivity contribution >= 4 is 5.91 Å². The van der Waals surface area contributed by atoms with Crippen LogP contribution in [0.1, 0.15) is 24.8 Å². The normalized spacial score (nSPS) is 16.3. The Hall–Kier alpha value is -2.93. The van der Waals surface area contributed by atoms with Crippen molar-refractivity contribution in [3.63, 3.8) is 0 Å². The Labute approximate surface area is 164 Å². The Kier molecular flexibility index (Phi) is 5.25. The van der Waals surface area contributed by atoms with Gasteiger partial charge in [-0.05, 0) is 18.8 Å². The van der Waals surface area contributed by atoms with Gasteiger partial charge in [0.1, 0.15) is 24.3 Å². The number of aliphatic hydroxyl groups is 1. The number of piperidine rings is 1. The van der Waals surface area contributed by atoms with Crippen molar-refractivity contribution < 1.29 is 9.90 Å². The summed E-state index contributed by atoms with van der Waals surface area (Å²) >= 11 is 0. The van der Waals surface area contributed by atoms with Crippen LogP contribution < -0.4 is 0 Å². The monoisotopic (exact) mass is 379 g/mol. The van der Waals surface area contributed by atoms with E-state index in [-0.39, 0.29) is 18.4 Å². The number of hydrogen-bond donors (Lipinski definition) is 1. The summed E-state index contributed by atoms with van der Waals surface area (Å²) in [6.07, 6.45) is 8.07. The van der Waals surface area contributed by atoms with E-state index in [1.165, 1.54) is 0 Å². The van der Waals surface area contributed by atoms with Gasteiger partial charge in [0.2, 0.25) is 5.91 Å². The van der Waals surface area contributed by atoms with Crippen LogP contribution in [0.25, 0.3) is 11.4 Å². The molecule has 7 nitrogen and oxygen atoms in total. The number of nitrogens with zero attached hydrogens (tertiary/aromatic N) is 5. The number of aromatic nitrogens is 4. The third kappa shape index (κ3) is 3.71. The van der Waals surface area contributed by atoms with Crippen LogP contribution in [0.2, 0.25) is 0 Å². The van der Waals surface area contributed by atoms with Gasteiger partial charge in [0.25, 0.3) is 0 Å². The zero-order valence-corrected chi connectivity index (χ0v) is 16.0. The highest BCUT2D eigenvalue weighted by Gasteiger charge is 2.30. The quantitative estimate of drug-likeness (QED) is 0.738. The molecule has 3 aromatic rings. The zero-order chi connectivity index (χ0) is 19.5. The van der Waals surface area contributed by atoms with E-state index in [0.717, 1.165) is 24.2 Å². The van der Waals surface area contributed by atoms with Gasteiger partial charge in [-0.1, -0.05) is 30.3 Å². The summed E-state index contributed by atoms with van der Waals surface area (Å²) in [6.45, 7) is 1.58. The summed E-state index contributed by atoms with van der Waals surface area (Å²) in [7, 11) is 1.89. The Morgan fingerprint density at radius 1 is 1.14 bits per heavy atom. The molecule has 146 valence electrons. The lowest BCUT2D eigenvalue weighted by Crippen LogP contribution is -2.41. The summed E-state index contributed by atoms with van der Waals surface area (Å²) < 4.78 is 3.75. The smallest absolute Gasteiger partial charge is 0.242 e. The van der Waals surface area contributed by atoms with Gasteiger partial charge in [0, 0.05) is 50.5 Å². The van der Waals surface area contributed by atoms with Crippen LogP contribution in [0.3, 0.4) is 0 Å². The lowest BCUT2D eigenvalue weighted by molar-refractivity contribution is -0.133. The first-order valence-corrected chi connectivity index (χ1v) is 9.63. The summed E-state index contributed by atoms with van der Waals surface area (Å²) in [6, 6.07) is 9.88. The maximum absolute atomic E-state index is 12.8. The highest BCUT2D eigenvalue weighted by molar-refractivity contribution is 5.76. The van der Waals surface area contributed by atoms with Crippen LogP contribution in [0.4, 0.5) is 0 Å². The number of carbonyl (C=O) groups is 1. The van der Waals surface area contributed by atoms with Gasteiger partial charge in [0.05, 0.1) is 0 Å². The van der Waals surface area contributed by atoms with Crippen molar-refractivity contribution in [2.24, 2.45) is 13.0 Å². The Morgan fingerprint density at radius 3 is 2.54 bits per heavy atom. The predicted molar refractivity (Wildman–Crippen MR) is 105 cm³/mol. The molecule has 1 aliphatic rings. The maximum Gasteiger partial charge on any atom is 0.242 e. The van der Waals surface area contributed by atoms with E-state index in [0.29, 0.717) is 18.9 Å².